The fourth-order valence-corrected chi connectivity index (χ4v) is 1.87. The molecule has 1 aliphatic rings. The van der Waals surface area contributed by atoms with E-state index >= 15 is 0 Å². The zero-order chi connectivity index (χ0) is 12.6. The molecule has 1 atom stereocenters. The van der Waals surface area contributed by atoms with E-state index in [1.165, 1.54) is 4.90 Å². The van der Waals surface area contributed by atoms with Gasteiger partial charge in [0.25, 0.3) is 0 Å². The number of fused-ring (bicyclic) bond motifs is 1. The maximum atomic E-state index is 11.3. The Morgan fingerprint density at radius 1 is 1.41 bits per heavy atom. The molecule has 0 spiro atoms. The molecular weight excluding hydrogens is 218 g/mol. The predicted molar refractivity (Wildman–Crippen MR) is 65.7 cm³/mol. The highest BCUT2D eigenvalue weighted by atomic mass is 16.5. The summed E-state index contributed by atoms with van der Waals surface area (Å²) in [6.45, 7) is 6.51. The van der Waals surface area contributed by atoms with Crippen molar-refractivity contribution in [2.75, 3.05) is 11.4 Å². The summed E-state index contributed by atoms with van der Waals surface area (Å²) in [5, 5.41) is 9.24. The molecule has 0 saturated heterocycles. The summed E-state index contributed by atoms with van der Waals surface area (Å²) >= 11 is 0. The molecule has 0 saturated carbocycles. The molecule has 4 nitrogen and oxygen atoms in total. The second-order valence-electron chi connectivity index (χ2n) is 5.33. The maximum Gasteiger partial charge on any atom is 0.412 e. The Kier molecular flexibility index (Phi) is 2.73. The Morgan fingerprint density at radius 2 is 2.06 bits per heavy atom. The Bertz CT molecular complexity index is 437. The van der Waals surface area contributed by atoms with E-state index in [1.54, 1.807) is 6.07 Å². The van der Waals surface area contributed by atoms with Gasteiger partial charge in [-0.25, -0.2) is 4.79 Å². The van der Waals surface area contributed by atoms with Crippen LogP contribution in [0.25, 0.3) is 0 Å². The highest BCUT2D eigenvalue weighted by Crippen LogP contribution is 2.37. The van der Waals surface area contributed by atoms with Gasteiger partial charge in [-0.15, -0.1) is 0 Å². The van der Waals surface area contributed by atoms with Crippen LogP contribution in [0.2, 0.25) is 0 Å². The number of benzene rings is 1. The first-order chi connectivity index (χ1) is 7.89. The van der Waals surface area contributed by atoms with Crippen LogP contribution in [-0.2, 0) is 0 Å². The van der Waals surface area contributed by atoms with Gasteiger partial charge in [-0.2, -0.15) is 0 Å². The normalized spacial score (nSPS) is 19.5. The molecule has 0 aromatic heterocycles. The number of carboxylic acid groups (broad SMARTS) is 1. The van der Waals surface area contributed by atoms with Crippen molar-refractivity contribution in [2.45, 2.75) is 26.9 Å². The Hall–Kier alpha value is -1.71. The van der Waals surface area contributed by atoms with Gasteiger partial charge in [-0.3, -0.25) is 4.90 Å². The molecular formula is C13H17NO3. The molecule has 92 valence electrons. The first-order valence-corrected chi connectivity index (χ1v) is 5.66. The first-order valence-electron chi connectivity index (χ1n) is 5.66. The Morgan fingerprint density at radius 3 is 2.65 bits per heavy atom. The topological polar surface area (TPSA) is 49.8 Å². The molecule has 1 amide bonds. The average molecular weight is 235 g/mol. The van der Waals surface area contributed by atoms with E-state index in [0.717, 1.165) is 0 Å². The standard InChI is InChI=1S/C13H17NO3/c1-13(2,3)11-8-14(12(15)16)9-6-4-5-7-10(9)17-11/h4-7,11H,8H2,1-3H3,(H,15,16). The number of hydrogen-bond acceptors (Lipinski definition) is 2. The number of carbonyl (C=O) groups is 1. The first kappa shape index (κ1) is 11.8. The summed E-state index contributed by atoms with van der Waals surface area (Å²) in [6.07, 6.45) is -1.07. The molecule has 0 radical (unpaired) electrons. The minimum Gasteiger partial charge on any atom is -0.486 e. The largest absolute Gasteiger partial charge is 0.486 e. The number of rotatable bonds is 0. The van der Waals surface area contributed by atoms with Crippen LogP contribution in [0.3, 0.4) is 0 Å². The monoisotopic (exact) mass is 235 g/mol. The number of anilines is 1. The quantitative estimate of drug-likeness (QED) is 0.752. The summed E-state index contributed by atoms with van der Waals surface area (Å²) in [5.41, 5.74) is 0.529. The van der Waals surface area contributed by atoms with Crippen LogP contribution >= 0.6 is 0 Å². The highest BCUT2D eigenvalue weighted by molar-refractivity contribution is 5.88. The van der Waals surface area contributed by atoms with Gasteiger partial charge in [-0.05, 0) is 12.1 Å². The molecule has 0 fully saturated rings. The number of ether oxygens (including phenoxy) is 1. The van der Waals surface area contributed by atoms with Gasteiger partial charge in [0, 0.05) is 5.41 Å². The van der Waals surface area contributed by atoms with Gasteiger partial charge >= 0.3 is 6.09 Å². The average Bonchev–Trinajstić information content (AvgIpc) is 2.26. The van der Waals surface area contributed by atoms with Gasteiger partial charge in [0.05, 0.1) is 12.2 Å². The lowest BCUT2D eigenvalue weighted by molar-refractivity contribution is 0.0827. The fourth-order valence-electron chi connectivity index (χ4n) is 1.87. The van der Waals surface area contributed by atoms with Gasteiger partial charge in [0.2, 0.25) is 0 Å². The lowest BCUT2D eigenvalue weighted by Gasteiger charge is -2.39. The number of para-hydroxylation sites is 2. The van der Waals surface area contributed by atoms with Crippen LogP contribution in [-0.4, -0.2) is 23.8 Å². The van der Waals surface area contributed by atoms with Crippen molar-refractivity contribution in [1.82, 2.24) is 0 Å². The second kappa shape index (κ2) is 3.95. The smallest absolute Gasteiger partial charge is 0.412 e. The van der Waals surface area contributed by atoms with Crippen molar-refractivity contribution in [1.29, 1.82) is 0 Å². The zero-order valence-corrected chi connectivity index (χ0v) is 10.3. The highest BCUT2D eigenvalue weighted by Gasteiger charge is 2.36. The molecule has 4 heteroatoms. The molecule has 2 rings (SSSR count). The van der Waals surface area contributed by atoms with Crippen molar-refractivity contribution >= 4 is 11.8 Å². The van der Waals surface area contributed by atoms with Crippen LogP contribution in [0.1, 0.15) is 20.8 Å². The molecule has 1 aromatic rings. The van der Waals surface area contributed by atoms with Crippen LogP contribution < -0.4 is 9.64 Å². The minimum atomic E-state index is -0.935. The van der Waals surface area contributed by atoms with Crippen molar-refractivity contribution < 1.29 is 14.6 Å². The SMILES string of the molecule is CC(C)(C)C1CN(C(=O)O)c2ccccc2O1. The van der Waals surface area contributed by atoms with Crippen LogP contribution in [0.5, 0.6) is 5.75 Å². The van der Waals surface area contributed by atoms with Crippen molar-refractivity contribution in [3.63, 3.8) is 0 Å². The van der Waals surface area contributed by atoms with E-state index in [1.807, 2.05) is 39.0 Å². The van der Waals surface area contributed by atoms with Crippen molar-refractivity contribution in [2.24, 2.45) is 5.41 Å². The number of hydrogen-bond donors (Lipinski definition) is 1. The van der Waals surface area contributed by atoms with Gasteiger partial charge in [-0.1, -0.05) is 32.9 Å². The number of nitrogens with zero attached hydrogens (tertiary/aromatic N) is 1. The third kappa shape index (κ3) is 2.20. The number of amides is 1. The molecule has 1 N–H and O–H groups in total. The van der Waals surface area contributed by atoms with E-state index in [2.05, 4.69) is 0 Å². The lowest BCUT2D eigenvalue weighted by Crippen LogP contribution is -2.48. The van der Waals surface area contributed by atoms with E-state index in [4.69, 9.17) is 4.74 Å². The second-order valence-corrected chi connectivity index (χ2v) is 5.33. The molecule has 17 heavy (non-hydrogen) atoms. The van der Waals surface area contributed by atoms with Crippen LogP contribution in [0, 0.1) is 5.41 Å². The summed E-state index contributed by atoms with van der Waals surface area (Å²) in [5.74, 6) is 0.640. The molecule has 0 aliphatic carbocycles. The van der Waals surface area contributed by atoms with E-state index in [0.29, 0.717) is 18.0 Å². The van der Waals surface area contributed by atoms with Crippen molar-refractivity contribution in [3.8, 4) is 5.75 Å². The molecule has 1 aliphatic heterocycles. The van der Waals surface area contributed by atoms with Crippen LogP contribution in [0.4, 0.5) is 10.5 Å². The van der Waals surface area contributed by atoms with Gasteiger partial charge in [0.1, 0.15) is 11.9 Å². The molecule has 1 aromatic carbocycles. The lowest BCUT2D eigenvalue weighted by atomic mass is 9.88. The van der Waals surface area contributed by atoms with Gasteiger partial charge < -0.3 is 9.84 Å². The third-order valence-electron chi connectivity index (χ3n) is 2.97. The molecule has 0 bridgehead atoms. The van der Waals surface area contributed by atoms with Crippen molar-refractivity contribution in [3.05, 3.63) is 24.3 Å². The van der Waals surface area contributed by atoms with E-state index in [-0.39, 0.29) is 11.5 Å². The van der Waals surface area contributed by atoms with E-state index in [9.17, 15) is 9.90 Å². The Balaban J connectivity index is 2.40. The third-order valence-corrected chi connectivity index (χ3v) is 2.97. The molecule has 1 heterocycles. The summed E-state index contributed by atoms with van der Waals surface area (Å²) in [4.78, 5) is 12.6. The fraction of sp³-hybridized carbons (Fsp3) is 0.462. The zero-order valence-electron chi connectivity index (χ0n) is 10.3. The van der Waals surface area contributed by atoms with Gasteiger partial charge in [0.15, 0.2) is 0 Å². The van der Waals surface area contributed by atoms with Crippen LogP contribution in [0.15, 0.2) is 24.3 Å². The predicted octanol–water partition coefficient (Wildman–Crippen LogP) is 2.98. The summed E-state index contributed by atoms with van der Waals surface area (Å²) in [7, 11) is 0. The maximum absolute atomic E-state index is 11.3. The Labute approximate surface area is 101 Å². The van der Waals surface area contributed by atoms with E-state index < -0.39 is 6.09 Å². The minimum absolute atomic E-state index is 0.0960. The molecule has 1 unspecified atom stereocenters. The summed E-state index contributed by atoms with van der Waals surface area (Å²) < 4.78 is 5.87. The summed E-state index contributed by atoms with van der Waals surface area (Å²) in [6, 6.07) is 7.24.